The summed E-state index contributed by atoms with van der Waals surface area (Å²) in [7, 11) is 0. The molecule has 3 nitrogen and oxygen atoms in total. The van der Waals surface area contributed by atoms with Gasteiger partial charge in [0.05, 0.1) is 11.1 Å². The highest BCUT2D eigenvalue weighted by atomic mass is 19.4. The maximum absolute atomic E-state index is 13.3. The van der Waals surface area contributed by atoms with E-state index in [2.05, 4.69) is 0 Å². The number of benzene rings is 2. The smallest absolute Gasteiger partial charge is 0.416 e. The largest absolute Gasteiger partial charge is 0.477 e. The van der Waals surface area contributed by atoms with E-state index in [1.54, 1.807) is 0 Å². The molecule has 7 heteroatoms. The molecule has 23 heavy (non-hydrogen) atoms. The lowest BCUT2D eigenvalue weighted by Crippen LogP contribution is -2.09. The zero-order valence-electron chi connectivity index (χ0n) is 11.4. The van der Waals surface area contributed by atoms with Crippen LogP contribution in [0.3, 0.4) is 0 Å². The van der Waals surface area contributed by atoms with Gasteiger partial charge >= 0.3 is 12.1 Å². The van der Waals surface area contributed by atoms with Gasteiger partial charge in [-0.25, -0.2) is 9.18 Å². The summed E-state index contributed by atoms with van der Waals surface area (Å²) in [5.41, 5.74) is -0.790. The SMILES string of the molecule is O=C(O)c1cc2cc(F)ccc2n1-c1cccc(C(F)(F)F)c1. The van der Waals surface area contributed by atoms with E-state index in [4.69, 9.17) is 0 Å². The van der Waals surface area contributed by atoms with Gasteiger partial charge in [-0.05, 0) is 42.5 Å². The molecule has 1 N–H and O–H groups in total. The highest BCUT2D eigenvalue weighted by Crippen LogP contribution is 2.32. The summed E-state index contributed by atoms with van der Waals surface area (Å²) >= 11 is 0. The van der Waals surface area contributed by atoms with Crippen molar-refractivity contribution in [3.8, 4) is 5.69 Å². The van der Waals surface area contributed by atoms with Crippen LogP contribution in [0.1, 0.15) is 16.1 Å². The fourth-order valence-electron chi connectivity index (χ4n) is 2.44. The van der Waals surface area contributed by atoms with E-state index >= 15 is 0 Å². The number of fused-ring (bicyclic) bond motifs is 1. The predicted molar refractivity (Wildman–Crippen MR) is 75.2 cm³/mol. The van der Waals surface area contributed by atoms with Crippen molar-refractivity contribution < 1.29 is 27.5 Å². The number of hydrogen-bond donors (Lipinski definition) is 1. The summed E-state index contributed by atoms with van der Waals surface area (Å²) in [5, 5.41) is 9.58. The lowest BCUT2D eigenvalue weighted by Gasteiger charge is -2.12. The van der Waals surface area contributed by atoms with Gasteiger partial charge < -0.3 is 9.67 Å². The van der Waals surface area contributed by atoms with Crippen LogP contribution < -0.4 is 0 Å². The van der Waals surface area contributed by atoms with Gasteiger partial charge in [-0.2, -0.15) is 13.2 Å². The average molecular weight is 323 g/mol. The molecule has 0 saturated carbocycles. The monoisotopic (exact) mass is 323 g/mol. The maximum Gasteiger partial charge on any atom is 0.416 e. The van der Waals surface area contributed by atoms with Crippen molar-refractivity contribution in [2.45, 2.75) is 6.18 Å². The van der Waals surface area contributed by atoms with Crippen molar-refractivity contribution in [2.75, 3.05) is 0 Å². The van der Waals surface area contributed by atoms with Crippen LogP contribution in [0, 0.1) is 5.82 Å². The zero-order valence-corrected chi connectivity index (χ0v) is 11.4. The predicted octanol–water partition coefficient (Wildman–Crippen LogP) is 4.49. The van der Waals surface area contributed by atoms with E-state index in [1.807, 2.05) is 0 Å². The first-order valence-corrected chi connectivity index (χ1v) is 6.49. The number of alkyl halides is 3. The minimum Gasteiger partial charge on any atom is -0.477 e. The number of rotatable bonds is 2. The lowest BCUT2D eigenvalue weighted by atomic mass is 10.2. The van der Waals surface area contributed by atoms with Crippen molar-refractivity contribution in [1.82, 2.24) is 4.57 Å². The van der Waals surface area contributed by atoms with E-state index in [0.717, 1.165) is 28.8 Å². The second-order valence-electron chi connectivity index (χ2n) is 4.92. The Bertz CT molecular complexity index is 912. The van der Waals surface area contributed by atoms with Crippen molar-refractivity contribution in [3.05, 3.63) is 65.6 Å². The molecule has 0 amide bonds. The molecule has 0 unspecified atom stereocenters. The van der Waals surface area contributed by atoms with Crippen LogP contribution in [0.25, 0.3) is 16.6 Å². The molecular formula is C16H9F4NO2. The van der Waals surface area contributed by atoms with Gasteiger partial charge in [0.25, 0.3) is 0 Å². The first-order chi connectivity index (χ1) is 10.8. The highest BCUT2D eigenvalue weighted by molar-refractivity contribution is 5.96. The molecule has 3 aromatic rings. The van der Waals surface area contributed by atoms with Crippen molar-refractivity contribution in [1.29, 1.82) is 0 Å². The van der Waals surface area contributed by atoms with Gasteiger partial charge in [0.1, 0.15) is 11.5 Å². The third kappa shape index (κ3) is 2.65. The van der Waals surface area contributed by atoms with Crippen LogP contribution in [-0.2, 0) is 6.18 Å². The van der Waals surface area contributed by atoms with Crippen LogP contribution in [-0.4, -0.2) is 15.6 Å². The van der Waals surface area contributed by atoms with Crippen LogP contribution in [0.2, 0.25) is 0 Å². The Hall–Kier alpha value is -2.83. The number of aromatic carboxylic acids is 1. The molecule has 0 aliphatic heterocycles. The molecule has 0 spiro atoms. The molecule has 3 rings (SSSR count). The first-order valence-electron chi connectivity index (χ1n) is 6.49. The third-order valence-corrected chi connectivity index (χ3v) is 3.41. The molecule has 2 aromatic carbocycles. The Morgan fingerprint density at radius 3 is 2.43 bits per heavy atom. The summed E-state index contributed by atoms with van der Waals surface area (Å²) in [6.45, 7) is 0. The summed E-state index contributed by atoms with van der Waals surface area (Å²) in [6.07, 6.45) is -4.55. The molecule has 1 aromatic heterocycles. The number of nitrogens with zero attached hydrogens (tertiary/aromatic N) is 1. The zero-order chi connectivity index (χ0) is 16.8. The van der Waals surface area contributed by atoms with Gasteiger partial charge in [-0.15, -0.1) is 0 Å². The second kappa shape index (κ2) is 5.12. The quantitative estimate of drug-likeness (QED) is 0.706. The minimum atomic E-state index is -4.55. The summed E-state index contributed by atoms with van der Waals surface area (Å²) in [5.74, 6) is -1.88. The molecule has 0 atom stereocenters. The highest BCUT2D eigenvalue weighted by Gasteiger charge is 2.31. The van der Waals surface area contributed by atoms with Crippen LogP contribution in [0.5, 0.6) is 0 Å². The number of halogens is 4. The normalized spacial score (nSPS) is 11.8. The van der Waals surface area contributed by atoms with Crippen molar-refractivity contribution in [3.63, 3.8) is 0 Å². The Balaban J connectivity index is 2.31. The van der Waals surface area contributed by atoms with Crippen LogP contribution in [0.4, 0.5) is 17.6 Å². The Morgan fingerprint density at radius 2 is 1.78 bits per heavy atom. The first kappa shape index (κ1) is 15.1. The molecule has 0 fully saturated rings. The van der Waals surface area contributed by atoms with E-state index in [9.17, 15) is 27.5 Å². The van der Waals surface area contributed by atoms with E-state index in [0.29, 0.717) is 10.9 Å². The Labute approximate surface area is 127 Å². The van der Waals surface area contributed by atoms with Crippen molar-refractivity contribution in [2.24, 2.45) is 0 Å². The van der Waals surface area contributed by atoms with Crippen LogP contribution in [0.15, 0.2) is 48.5 Å². The van der Waals surface area contributed by atoms with Gasteiger partial charge in [-0.3, -0.25) is 0 Å². The van der Waals surface area contributed by atoms with Crippen LogP contribution >= 0.6 is 0 Å². The molecule has 0 aliphatic carbocycles. The fourth-order valence-corrected chi connectivity index (χ4v) is 2.44. The number of carboxylic acids is 1. The summed E-state index contributed by atoms with van der Waals surface area (Å²) in [4.78, 5) is 11.4. The standard InChI is InChI=1S/C16H9F4NO2/c17-11-4-5-13-9(6-11)7-14(15(22)23)21(13)12-3-1-2-10(8-12)16(18,19)20/h1-8H,(H,22,23). The van der Waals surface area contributed by atoms with Crippen molar-refractivity contribution >= 4 is 16.9 Å². The molecule has 1 heterocycles. The molecule has 0 bridgehead atoms. The van der Waals surface area contributed by atoms with Gasteiger partial charge in [0.2, 0.25) is 0 Å². The lowest BCUT2D eigenvalue weighted by molar-refractivity contribution is -0.137. The Kier molecular flexibility index (Phi) is 3.35. The summed E-state index contributed by atoms with van der Waals surface area (Å²) in [6, 6.07) is 9.12. The van der Waals surface area contributed by atoms with Gasteiger partial charge in [-0.1, -0.05) is 6.07 Å². The number of hydrogen-bond acceptors (Lipinski definition) is 1. The molecule has 0 saturated heterocycles. The van der Waals surface area contributed by atoms with E-state index in [1.165, 1.54) is 24.3 Å². The third-order valence-electron chi connectivity index (χ3n) is 3.41. The van der Waals surface area contributed by atoms with Gasteiger partial charge in [0, 0.05) is 11.1 Å². The number of aromatic nitrogens is 1. The maximum atomic E-state index is 13.3. The molecule has 0 radical (unpaired) electrons. The summed E-state index contributed by atoms with van der Waals surface area (Å²) < 4.78 is 53.0. The number of carbonyl (C=O) groups is 1. The number of carboxylic acid groups (broad SMARTS) is 1. The molecular weight excluding hydrogens is 314 g/mol. The Morgan fingerprint density at radius 1 is 1.04 bits per heavy atom. The minimum absolute atomic E-state index is 0.0406. The molecule has 118 valence electrons. The average Bonchev–Trinajstić information content (AvgIpc) is 2.85. The van der Waals surface area contributed by atoms with Gasteiger partial charge in [0.15, 0.2) is 0 Å². The molecule has 0 aliphatic rings. The fraction of sp³-hybridized carbons (Fsp3) is 0.0625. The topological polar surface area (TPSA) is 42.2 Å². The van der Waals surface area contributed by atoms with E-state index < -0.39 is 23.5 Å². The van der Waals surface area contributed by atoms with E-state index in [-0.39, 0.29) is 11.4 Å². The second-order valence-corrected chi connectivity index (χ2v) is 4.92.